The third-order valence-electron chi connectivity index (χ3n) is 5.11. The van der Waals surface area contributed by atoms with Gasteiger partial charge in [-0.05, 0) is 36.5 Å². The average Bonchev–Trinajstić information content (AvgIpc) is 3.29. The van der Waals surface area contributed by atoms with E-state index in [2.05, 4.69) is 14.5 Å². The van der Waals surface area contributed by atoms with Gasteiger partial charge in [0.15, 0.2) is 9.84 Å². The lowest BCUT2D eigenvalue weighted by Gasteiger charge is -2.34. The van der Waals surface area contributed by atoms with Crippen LogP contribution in [0.5, 0.6) is 0 Å². The van der Waals surface area contributed by atoms with Gasteiger partial charge < -0.3 is 9.30 Å². The maximum absolute atomic E-state index is 11.6. The molecule has 6 nitrogen and oxygen atoms in total. The fraction of sp³-hybridized carbons (Fsp3) is 0.526. The lowest BCUT2D eigenvalue weighted by atomic mass is 10.1. The summed E-state index contributed by atoms with van der Waals surface area (Å²) in [4.78, 5) is 7.04. The molecule has 0 bridgehead atoms. The average molecular weight is 375 g/mol. The minimum atomic E-state index is -3.15. The molecule has 1 atom stereocenters. The largest absolute Gasteiger partial charge is 0.379 e. The Bertz CT molecular complexity index is 856. The first kappa shape index (κ1) is 17.7. The van der Waals surface area contributed by atoms with Crippen LogP contribution in [0.15, 0.2) is 41.7 Å². The third-order valence-corrected chi connectivity index (χ3v) is 6.24. The molecule has 0 radical (unpaired) electrons. The second-order valence-corrected chi connectivity index (χ2v) is 9.53. The van der Waals surface area contributed by atoms with Crippen LogP contribution in [0, 0.1) is 5.92 Å². The van der Waals surface area contributed by atoms with Crippen molar-refractivity contribution < 1.29 is 13.2 Å². The molecule has 1 aromatic carbocycles. The van der Waals surface area contributed by atoms with Crippen LogP contribution in [0.4, 0.5) is 0 Å². The molecule has 2 heterocycles. The second kappa shape index (κ2) is 7.13. The van der Waals surface area contributed by atoms with Gasteiger partial charge in [-0.1, -0.05) is 12.1 Å². The van der Waals surface area contributed by atoms with E-state index in [4.69, 9.17) is 4.74 Å². The molecule has 0 saturated heterocycles. The van der Waals surface area contributed by atoms with Gasteiger partial charge in [0.25, 0.3) is 0 Å². The van der Waals surface area contributed by atoms with Gasteiger partial charge in [-0.2, -0.15) is 0 Å². The van der Waals surface area contributed by atoms with Crippen molar-refractivity contribution in [2.75, 3.05) is 26.0 Å². The summed E-state index contributed by atoms with van der Waals surface area (Å²) in [6.45, 7) is 4.11. The Morgan fingerprint density at radius 1 is 1.19 bits per heavy atom. The molecule has 1 aromatic heterocycles. The van der Waals surface area contributed by atoms with Crippen LogP contribution < -0.4 is 0 Å². The number of nitrogens with zero attached hydrogens (tertiary/aromatic N) is 3. The molecule has 2 aliphatic rings. The van der Waals surface area contributed by atoms with E-state index in [1.807, 2.05) is 24.7 Å². The molecule has 2 aromatic rings. The van der Waals surface area contributed by atoms with Crippen LogP contribution in [0.25, 0.3) is 0 Å². The molecule has 140 valence electrons. The Morgan fingerprint density at radius 3 is 2.65 bits per heavy atom. The van der Waals surface area contributed by atoms with Crippen molar-refractivity contribution in [2.24, 2.45) is 5.92 Å². The van der Waals surface area contributed by atoms with E-state index < -0.39 is 9.84 Å². The molecule has 1 unspecified atom stereocenters. The lowest BCUT2D eigenvalue weighted by molar-refractivity contribution is 0.0623. The zero-order chi connectivity index (χ0) is 18.1. The van der Waals surface area contributed by atoms with Gasteiger partial charge in [-0.25, -0.2) is 13.4 Å². The van der Waals surface area contributed by atoms with Gasteiger partial charge in [0.1, 0.15) is 0 Å². The van der Waals surface area contributed by atoms with Crippen molar-refractivity contribution in [2.45, 2.75) is 36.9 Å². The molecule has 4 rings (SSSR count). The number of aromatic nitrogens is 2. The van der Waals surface area contributed by atoms with Gasteiger partial charge in [0.05, 0.1) is 29.6 Å². The number of benzene rings is 1. The van der Waals surface area contributed by atoms with E-state index >= 15 is 0 Å². The van der Waals surface area contributed by atoms with Crippen LogP contribution in [-0.2, 0) is 27.7 Å². The summed E-state index contributed by atoms with van der Waals surface area (Å²) < 4.78 is 31.4. The Labute approximate surface area is 154 Å². The summed E-state index contributed by atoms with van der Waals surface area (Å²) in [7, 11) is -3.15. The highest BCUT2D eigenvalue weighted by Gasteiger charge is 2.27. The molecule has 26 heavy (non-hydrogen) atoms. The van der Waals surface area contributed by atoms with Crippen LogP contribution >= 0.6 is 0 Å². The predicted molar refractivity (Wildman–Crippen MR) is 98.5 cm³/mol. The zero-order valence-electron chi connectivity index (χ0n) is 15.0. The van der Waals surface area contributed by atoms with E-state index in [9.17, 15) is 8.42 Å². The Balaban J connectivity index is 1.42. The fourth-order valence-corrected chi connectivity index (χ4v) is 4.10. The number of hydrogen-bond acceptors (Lipinski definition) is 5. The van der Waals surface area contributed by atoms with Crippen LogP contribution in [0.1, 0.15) is 30.1 Å². The molecular formula is C19H25N3O3S. The van der Waals surface area contributed by atoms with Crippen molar-refractivity contribution in [3.8, 4) is 0 Å². The minimum absolute atomic E-state index is 0.273. The summed E-state index contributed by atoms with van der Waals surface area (Å²) in [5.74, 6) is 0.769. The quantitative estimate of drug-likeness (QED) is 0.743. The number of ether oxygens (including phenoxy) is 1. The molecule has 0 spiro atoms. The van der Waals surface area contributed by atoms with E-state index in [-0.39, 0.29) is 6.04 Å². The first-order valence-electron chi connectivity index (χ1n) is 9.09. The molecule has 1 saturated carbocycles. The normalized spacial score (nSPS) is 20.9. The summed E-state index contributed by atoms with van der Waals surface area (Å²) in [5, 5.41) is 0. The first-order chi connectivity index (χ1) is 12.5. The molecule has 0 N–H and O–H groups in total. The highest BCUT2D eigenvalue weighted by atomic mass is 32.2. The summed E-state index contributed by atoms with van der Waals surface area (Å²) >= 11 is 0. The Hall–Kier alpha value is -1.70. The molecule has 1 aliphatic heterocycles. The maximum atomic E-state index is 11.6. The van der Waals surface area contributed by atoms with Gasteiger partial charge >= 0.3 is 0 Å². The van der Waals surface area contributed by atoms with Gasteiger partial charge in [0, 0.05) is 38.7 Å². The summed E-state index contributed by atoms with van der Waals surface area (Å²) in [5.41, 5.74) is 2.31. The van der Waals surface area contributed by atoms with Gasteiger partial charge in [0.2, 0.25) is 0 Å². The van der Waals surface area contributed by atoms with E-state index in [1.54, 1.807) is 12.1 Å². The number of imidazole rings is 1. The van der Waals surface area contributed by atoms with Crippen molar-refractivity contribution in [3.05, 3.63) is 48.0 Å². The molecular weight excluding hydrogens is 350 g/mol. The number of rotatable bonds is 7. The van der Waals surface area contributed by atoms with E-state index in [1.165, 1.54) is 24.8 Å². The van der Waals surface area contributed by atoms with Crippen LogP contribution in [0.3, 0.4) is 0 Å². The van der Waals surface area contributed by atoms with Crippen molar-refractivity contribution >= 4 is 9.84 Å². The molecule has 0 amide bonds. The van der Waals surface area contributed by atoms with Gasteiger partial charge in [-0.3, -0.25) is 4.90 Å². The third kappa shape index (κ3) is 4.16. The predicted octanol–water partition coefficient (Wildman–Crippen LogP) is 2.27. The molecule has 1 fully saturated rings. The SMILES string of the molecule is CS(=O)(=O)c1ccc(CN2Cc3cncn3C(COCC3CC3)C2)cc1. The standard InChI is InChI=1S/C19H25N3O3S/c1-26(23,24)19-6-4-15(5-7-19)9-21-10-17-8-20-14-22(17)18(11-21)13-25-12-16-2-3-16/h4-8,14,16,18H,2-3,9-13H2,1H3. The summed E-state index contributed by atoms with van der Waals surface area (Å²) in [6, 6.07) is 7.46. The number of hydrogen-bond donors (Lipinski definition) is 0. The maximum Gasteiger partial charge on any atom is 0.175 e. The van der Waals surface area contributed by atoms with E-state index in [0.29, 0.717) is 11.5 Å². The first-order valence-corrected chi connectivity index (χ1v) is 11.0. The minimum Gasteiger partial charge on any atom is -0.379 e. The Kier molecular flexibility index (Phi) is 4.86. The Morgan fingerprint density at radius 2 is 1.96 bits per heavy atom. The molecule has 7 heteroatoms. The van der Waals surface area contributed by atoms with Crippen molar-refractivity contribution in [1.82, 2.24) is 14.5 Å². The highest BCUT2D eigenvalue weighted by Crippen LogP contribution is 2.30. The topological polar surface area (TPSA) is 64.4 Å². The summed E-state index contributed by atoms with van der Waals surface area (Å²) in [6.07, 6.45) is 7.67. The van der Waals surface area contributed by atoms with Crippen molar-refractivity contribution in [1.29, 1.82) is 0 Å². The van der Waals surface area contributed by atoms with E-state index in [0.717, 1.165) is 37.7 Å². The number of sulfone groups is 1. The monoisotopic (exact) mass is 375 g/mol. The highest BCUT2D eigenvalue weighted by molar-refractivity contribution is 7.90. The zero-order valence-corrected chi connectivity index (χ0v) is 15.9. The van der Waals surface area contributed by atoms with Crippen LogP contribution in [-0.4, -0.2) is 48.9 Å². The molecule has 1 aliphatic carbocycles. The van der Waals surface area contributed by atoms with Crippen LogP contribution in [0.2, 0.25) is 0 Å². The van der Waals surface area contributed by atoms with Crippen molar-refractivity contribution in [3.63, 3.8) is 0 Å². The van der Waals surface area contributed by atoms with Gasteiger partial charge in [-0.15, -0.1) is 0 Å². The second-order valence-electron chi connectivity index (χ2n) is 7.51. The number of fused-ring (bicyclic) bond motifs is 1. The fourth-order valence-electron chi connectivity index (χ4n) is 3.47. The smallest absolute Gasteiger partial charge is 0.175 e. The lowest BCUT2D eigenvalue weighted by Crippen LogP contribution is -2.38.